The third kappa shape index (κ3) is 2.25. The molecule has 0 radical (unpaired) electrons. The topological polar surface area (TPSA) is 36.9 Å². The summed E-state index contributed by atoms with van der Waals surface area (Å²) >= 11 is 0. The Morgan fingerprint density at radius 1 is 1.29 bits per heavy atom. The van der Waals surface area contributed by atoms with Crippen LogP contribution in [-0.2, 0) is 13.6 Å². The van der Waals surface area contributed by atoms with E-state index in [9.17, 15) is 0 Å². The number of likely N-dealkylation sites (tertiary alicyclic amines) is 1. The fourth-order valence-electron chi connectivity index (χ4n) is 3.52. The van der Waals surface area contributed by atoms with E-state index in [0.29, 0.717) is 5.92 Å². The zero-order valence-electron chi connectivity index (χ0n) is 12.3. The van der Waals surface area contributed by atoms with E-state index in [1.807, 2.05) is 6.20 Å². The van der Waals surface area contributed by atoms with Crippen LogP contribution in [0.4, 0.5) is 0 Å². The van der Waals surface area contributed by atoms with E-state index < -0.39 is 0 Å². The molecule has 108 valence electrons. The minimum atomic E-state index is 0.600. The van der Waals surface area contributed by atoms with Crippen molar-refractivity contribution in [3.63, 3.8) is 0 Å². The van der Waals surface area contributed by atoms with E-state index in [1.165, 1.54) is 28.6 Å². The molecule has 0 spiro atoms. The number of benzene rings is 1. The summed E-state index contributed by atoms with van der Waals surface area (Å²) in [5.74, 6) is 0.600. The molecule has 1 atom stereocenters. The van der Waals surface area contributed by atoms with Gasteiger partial charge in [-0.05, 0) is 30.7 Å². The molecule has 1 aliphatic rings. The van der Waals surface area contributed by atoms with Gasteiger partial charge in [0.25, 0.3) is 0 Å². The Balaban J connectivity index is 1.54. The summed E-state index contributed by atoms with van der Waals surface area (Å²) in [5.41, 5.74) is 4.02. The molecular weight excluding hydrogens is 260 g/mol. The molecule has 0 saturated carbocycles. The second-order valence-corrected chi connectivity index (χ2v) is 6.02. The number of fused-ring (bicyclic) bond motifs is 1. The van der Waals surface area contributed by atoms with Crippen LogP contribution < -0.4 is 0 Å². The first-order chi connectivity index (χ1) is 10.3. The highest BCUT2D eigenvalue weighted by Crippen LogP contribution is 2.28. The smallest absolute Gasteiger partial charge is 0.0490 e. The summed E-state index contributed by atoms with van der Waals surface area (Å²) in [5, 5.41) is 8.57. The van der Waals surface area contributed by atoms with Crippen LogP contribution in [0.15, 0.2) is 42.7 Å². The van der Waals surface area contributed by atoms with Crippen molar-refractivity contribution in [2.75, 3.05) is 13.1 Å². The molecule has 0 amide bonds. The van der Waals surface area contributed by atoms with E-state index >= 15 is 0 Å². The van der Waals surface area contributed by atoms with Crippen molar-refractivity contribution in [2.24, 2.45) is 7.05 Å². The normalized spacial score (nSPS) is 19.6. The average molecular weight is 280 g/mol. The first-order valence-corrected chi connectivity index (χ1v) is 7.56. The Bertz CT molecular complexity index is 741. The van der Waals surface area contributed by atoms with Crippen LogP contribution >= 0.6 is 0 Å². The Morgan fingerprint density at radius 3 is 3.05 bits per heavy atom. The van der Waals surface area contributed by atoms with Crippen LogP contribution in [0.3, 0.4) is 0 Å². The molecule has 1 unspecified atom stereocenters. The van der Waals surface area contributed by atoms with Gasteiger partial charge in [0.2, 0.25) is 0 Å². The van der Waals surface area contributed by atoms with Gasteiger partial charge in [-0.25, -0.2) is 0 Å². The quantitative estimate of drug-likeness (QED) is 0.801. The van der Waals surface area contributed by atoms with Gasteiger partial charge in [0.05, 0.1) is 0 Å². The van der Waals surface area contributed by atoms with Crippen molar-refractivity contribution in [1.29, 1.82) is 0 Å². The summed E-state index contributed by atoms with van der Waals surface area (Å²) < 4.78 is 2.23. The molecule has 3 heterocycles. The number of aromatic amines is 1. The average Bonchev–Trinajstić information content (AvgIpc) is 3.21. The highest BCUT2D eigenvalue weighted by atomic mass is 15.2. The Hall–Kier alpha value is -2.07. The fourth-order valence-corrected chi connectivity index (χ4v) is 3.52. The molecule has 0 bridgehead atoms. The lowest BCUT2D eigenvalue weighted by Gasteiger charge is -2.15. The monoisotopic (exact) mass is 280 g/mol. The van der Waals surface area contributed by atoms with E-state index in [-0.39, 0.29) is 0 Å². The van der Waals surface area contributed by atoms with Crippen molar-refractivity contribution in [1.82, 2.24) is 19.7 Å². The Labute approximate surface area is 124 Å². The van der Waals surface area contributed by atoms with E-state index in [2.05, 4.69) is 63.2 Å². The molecule has 1 N–H and O–H groups in total. The van der Waals surface area contributed by atoms with Gasteiger partial charge in [0, 0.05) is 55.0 Å². The summed E-state index contributed by atoms with van der Waals surface area (Å²) in [6.07, 6.45) is 5.34. The summed E-state index contributed by atoms with van der Waals surface area (Å²) in [6.45, 7) is 3.31. The van der Waals surface area contributed by atoms with E-state index in [1.54, 1.807) is 0 Å². The summed E-state index contributed by atoms with van der Waals surface area (Å²) in [6, 6.07) is 10.8. The summed E-state index contributed by atoms with van der Waals surface area (Å²) in [7, 11) is 2.13. The number of hydrogen-bond acceptors (Lipinski definition) is 2. The van der Waals surface area contributed by atoms with Crippen molar-refractivity contribution >= 4 is 10.9 Å². The maximum Gasteiger partial charge on any atom is 0.0490 e. The molecule has 2 aromatic heterocycles. The zero-order valence-corrected chi connectivity index (χ0v) is 12.3. The largest absolute Gasteiger partial charge is 0.350 e. The van der Waals surface area contributed by atoms with Gasteiger partial charge in [-0.15, -0.1) is 0 Å². The number of aromatic nitrogens is 3. The van der Waals surface area contributed by atoms with Gasteiger partial charge in [0.15, 0.2) is 0 Å². The second kappa shape index (κ2) is 5.04. The maximum absolute atomic E-state index is 4.07. The van der Waals surface area contributed by atoms with Gasteiger partial charge in [-0.2, -0.15) is 5.10 Å². The highest BCUT2D eigenvalue weighted by Gasteiger charge is 2.25. The first-order valence-electron chi connectivity index (χ1n) is 7.56. The zero-order chi connectivity index (χ0) is 14.2. The molecule has 0 aliphatic carbocycles. The van der Waals surface area contributed by atoms with Gasteiger partial charge >= 0.3 is 0 Å². The molecule has 4 rings (SSSR count). The molecule has 4 heteroatoms. The highest BCUT2D eigenvalue weighted by molar-refractivity contribution is 5.83. The minimum Gasteiger partial charge on any atom is -0.350 e. The molecule has 1 aromatic carbocycles. The van der Waals surface area contributed by atoms with Crippen LogP contribution in [0.1, 0.15) is 23.6 Å². The lowest BCUT2D eigenvalue weighted by atomic mass is 10.1. The summed E-state index contributed by atoms with van der Waals surface area (Å²) in [4.78, 5) is 2.55. The number of nitrogens with one attached hydrogen (secondary N) is 1. The molecule has 21 heavy (non-hydrogen) atoms. The lowest BCUT2D eigenvalue weighted by Crippen LogP contribution is -2.19. The number of para-hydroxylation sites is 1. The molecule has 1 aliphatic heterocycles. The van der Waals surface area contributed by atoms with Gasteiger partial charge in [-0.3, -0.25) is 10.00 Å². The van der Waals surface area contributed by atoms with Crippen LogP contribution in [0.2, 0.25) is 0 Å². The third-order valence-electron chi connectivity index (χ3n) is 4.61. The van der Waals surface area contributed by atoms with Crippen molar-refractivity contribution < 1.29 is 0 Å². The second-order valence-electron chi connectivity index (χ2n) is 6.02. The SMILES string of the molecule is Cn1cc(CN2CCC(c3ccn[nH]3)C2)c2ccccc21. The number of aryl methyl sites for hydroxylation is 1. The molecule has 3 aromatic rings. The third-order valence-corrected chi connectivity index (χ3v) is 4.61. The van der Waals surface area contributed by atoms with Crippen LogP contribution in [0, 0.1) is 0 Å². The van der Waals surface area contributed by atoms with Crippen LogP contribution in [0.5, 0.6) is 0 Å². The van der Waals surface area contributed by atoms with E-state index in [4.69, 9.17) is 0 Å². The van der Waals surface area contributed by atoms with Crippen molar-refractivity contribution in [2.45, 2.75) is 18.9 Å². The Kier molecular flexibility index (Phi) is 3.04. The van der Waals surface area contributed by atoms with E-state index in [0.717, 1.165) is 19.6 Å². The van der Waals surface area contributed by atoms with Gasteiger partial charge in [0.1, 0.15) is 0 Å². The number of nitrogens with zero attached hydrogens (tertiary/aromatic N) is 3. The van der Waals surface area contributed by atoms with Crippen molar-refractivity contribution in [3.8, 4) is 0 Å². The standard InChI is InChI=1S/C17H20N4/c1-20-10-14(15-4-2-3-5-17(15)20)12-21-9-7-13(11-21)16-6-8-18-19-16/h2-6,8,10,13H,7,9,11-12H2,1H3,(H,18,19). The molecular formula is C17H20N4. The Morgan fingerprint density at radius 2 is 2.19 bits per heavy atom. The predicted octanol–water partition coefficient (Wildman–Crippen LogP) is 2.89. The van der Waals surface area contributed by atoms with Crippen LogP contribution in [-0.4, -0.2) is 32.8 Å². The molecule has 1 fully saturated rings. The molecule has 4 nitrogen and oxygen atoms in total. The predicted molar refractivity (Wildman–Crippen MR) is 84.1 cm³/mol. The number of rotatable bonds is 3. The van der Waals surface area contributed by atoms with Gasteiger partial charge in [-0.1, -0.05) is 18.2 Å². The lowest BCUT2D eigenvalue weighted by molar-refractivity contribution is 0.327. The van der Waals surface area contributed by atoms with Gasteiger partial charge < -0.3 is 4.57 Å². The first kappa shape index (κ1) is 12.7. The minimum absolute atomic E-state index is 0.600. The molecule has 1 saturated heterocycles. The number of H-pyrrole nitrogens is 1. The fraction of sp³-hybridized carbons (Fsp3) is 0.353. The van der Waals surface area contributed by atoms with Crippen molar-refractivity contribution in [3.05, 3.63) is 54.0 Å². The number of hydrogen-bond donors (Lipinski definition) is 1. The maximum atomic E-state index is 4.07. The van der Waals surface area contributed by atoms with Crippen LogP contribution in [0.25, 0.3) is 10.9 Å².